The van der Waals surface area contributed by atoms with E-state index in [0.717, 1.165) is 14.7 Å². The van der Waals surface area contributed by atoms with Gasteiger partial charge in [-0.2, -0.15) is 0 Å². The summed E-state index contributed by atoms with van der Waals surface area (Å²) in [4.78, 5) is 0. The lowest BCUT2D eigenvalue weighted by atomic mass is 9.94. The van der Waals surface area contributed by atoms with Crippen LogP contribution in [0, 0.1) is 30.2 Å². The van der Waals surface area contributed by atoms with Crippen LogP contribution in [-0.2, 0) is 0 Å². The molecule has 1 atom stereocenters. The monoisotopic (exact) mass is 388 g/mol. The minimum Gasteiger partial charge on any atom is -0.207 e. The van der Waals surface area contributed by atoms with Crippen molar-refractivity contribution in [3.05, 3.63) is 67.5 Å². The smallest absolute Gasteiger partial charge is 0.124 e. The minimum atomic E-state index is -0.243. The van der Waals surface area contributed by atoms with Gasteiger partial charge in [-0.15, -0.1) is 11.6 Å². The number of benzene rings is 2. The highest BCUT2D eigenvalue weighted by atomic mass is 127. The van der Waals surface area contributed by atoms with E-state index in [1.165, 1.54) is 28.8 Å². The summed E-state index contributed by atoms with van der Waals surface area (Å²) in [6, 6.07) is 9.02. The lowest BCUT2D eigenvalue weighted by Gasteiger charge is -2.18. The lowest BCUT2D eigenvalue weighted by Crippen LogP contribution is -2.02. The molecular formula is C16H15ClFI. The second kappa shape index (κ2) is 5.80. The third-order valence-electron chi connectivity index (χ3n) is 3.23. The van der Waals surface area contributed by atoms with Crippen LogP contribution in [0.5, 0.6) is 0 Å². The SMILES string of the molecule is Cc1cc(C)c(C(Cl)c2ccc(F)cc2I)c(C)c1. The maximum absolute atomic E-state index is 13.2. The van der Waals surface area contributed by atoms with Gasteiger partial charge >= 0.3 is 0 Å². The molecule has 0 saturated heterocycles. The first kappa shape index (κ1) is 14.8. The summed E-state index contributed by atoms with van der Waals surface area (Å²) in [5.41, 5.74) is 5.67. The van der Waals surface area contributed by atoms with Gasteiger partial charge in [0.05, 0.1) is 5.38 Å². The van der Waals surface area contributed by atoms with Crippen LogP contribution >= 0.6 is 34.2 Å². The normalized spacial score (nSPS) is 12.5. The minimum absolute atomic E-state index is 0.227. The van der Waals surface area contributed by atoms with Crippen molar-refractivity contribution in [1.29, 1.82) is 0 Å². The molecule has 2 aromatic carbocycles. The molecule has 0 aliphatic heterocycles. The van der Waals surface area contributed by atoms with Gasteiger partial charge in [0.25, 0.3) is 0 Å². The summed E-state index contributed by atoms with van der Waals surface area (Å²) in [5.74, 6) is -0.227. The highest BCUT2D eigenvalue weighted by Gasteiger charge is 2.18. The number of hydrogen-bond acceptors (Lipinski definition) is 0. The predicted octanol–water partition coefficient (Wildman–Crippen LogP) is 5.68. The molecule has 0 spiro atoms. The Hall–Kier alpha value is -0.610. The van der Waals surface area contributed by atoms with Crippen LogP contribution in [0.3, 0.4) is 0 Å². The van der Waals surface area contributed by atoms with Crippen LogP contribution in [-0.4, -0.2) is 0 Å². The molecular weight excluding hydrogens is 374 g/mol. The van der Waals surface area contributed by atoms with E-state index >= 15 is 0 Å². The number of halogens is 3. The molecule has 0 aliphatic carbocycles. The quantitative estimate of drug-likeness (QED) is 0.458. The van der Waals surface area contributed by atoms with E-state index in [-0.39, 0.29) is 11.2 Å². The van der Waals surface area contributed by atoms with Gasteiger partial charge in [0, 0.05) is 3.57 Å². The van der Waals surface area contributed by atoms with Gasteiger partial charge in [0.2, 0.25) is 0 Å². The Morgan fingerprint density at radius 2 is 1.63 bits per heavy atom. The Morgan fingerprint density at radius 1 is 1.05 bits per heavy atom. The van der Waals surface area contributed by atoms with Crippen LogP contribution < -0.4 is 0 Å². The molecule has 1 unspecified atom stereocenters. The molecule has 0 radical (unpaired) electrons. The molecule has 2 aromatic rings. The molecule has 0 amide bonds. The first-order valence-electron chi connectivity index (χ1n) is 6.07. The van der Waals surface area contributed by atoms with Gasteiger partial charge in [-0.25, -0.2) is 4.39 Å². The van der Waals surface area contributed by atoms with E-state index in [0.29, 0.717) is 0 Å². The first-order chi connectivity index (χ1) is 8.90. The first-order valence-corrected chi connectivity index (χ1v) is 7.58. The van der Waals surface area contributed by atoms with Gasteiger partial charge in [0.15, 0.2) is 0 Å². The molecule has 0 aromatic heterocycles. The average Bonchev–Trinajstić information content (AvgIpc) is 2.26. The van der Waals surface area contributed by atoms with Gasteiger partial charge < -0.3 is 0 Å². The van der Waals surface area contributed by atoms with Crippen molar-refractivity contribution in [3.63, 3.8) is 0 Å². The summed E-state index contributed by atoms with van der Waals surface area (Å²) in [7, 11) is 0. The van der Waals surface area contributed by atoms with Crippen molar-refractivity contribution >= 4 is 34.2 Å². The topological polar surface area (TPSA) is 0 Å². The molecule has 0 bridgehead atoms. The van der Waals surface area contributed by atoms with Crippen molar-refractivity contribution in [3.8, 4) is 0 Å². The van der Waals surface area contributed by atoms with Crippen LogP contribution in [0.25, 0.3) is 0 Å². The zero-order chi connectivity index (χ0) is 14.2. The summed E-state index contributed by atoms with van der Waals surface area (Å²) >= 11 is 8.76. The van der Waals surface area contributed by atoms with Crippen molar-refractivity contribution in [2.24, 2.45) is 0 Å². The largest absolute Gasteiger partial charge is 0.207 e. The van der Waals surface area contributed by atoms with Crippen LogP contribution in [0.1, 0.15) is 33.2 Å². The molecule has 0 aliphatic rings. The second-order valence-corrected chi connectivity index (χ2v) is 6.44. The maximum Gasteiger partial charge on any atom is 0.124 e. The number of rotatable bonds is 2. The van der Waals surface area contributed by atoms with Gasteiger partial charge in [-0.1, -0.05) is 23.8 Å². The van der Waals surface area contributed by atoms with Crippen molar-refractivity contribution in [2.45, 2.75) is 26.1 Å². The predicted molar refractivity (Wildman–Crippen MR) is 87.5 cm³/mol. The van der Waals surface area contributed by atoms with Gasteiger partial charge in [0.1, 0.15) is 5.82 Å². The Morgan fingerprint density at radius 3 is 2.16 bits per heavy atom. The fourth-order valence-electron chi connectivity index (χ4n) is 2.45. The molecule has 3 heteroatoms. The highest BCUT2D eigenvalue weighted by molar-refractivity contribution is 14.1. The molecule has 0 N–H and O–H groups in total. The van der Waals surface area contributed by atoms with E-state index in [9.17, 15) is 4.39 Å². The van der Waals surface area contributed by atoms with Crippen LogP contribution in [0.2, 0.25) is 0 Å². The summed E-state index contributed by atoms with van der Waals surface area (Å²) in [6.07, 6.45) is 0. The fraction of sp³-hybridized carbons (Fsp3) is 0.250. The molecule has 0 fully saturated rings. The average molecular weight is 389 g/mol. The molecule has 100 valence electrons. The van der Waals surface area contributed by atoms with Crippen LogP contribution in [0.4, 0.5) is 4.39 Å². The van der Waals surface area contributed by atoms with E-state index in [4.69, 9.17) is 11.6 Å². The van der Waals surface area contributed by atoms with Crippen molar-refractivity contribution < 1.29 is 4.39 Å². The number of aryl methyl sites for hydroxylation is 3. The van der Waals surface area contributed by atoms with Crippen molar-refractivity contribution in [1.82, 2.24) is 0 Å². The summed E-state index contributed by atoms with van der Waals surface area (Å²) in [5, 5.41) is -0.243. The highest BCUT2D eigenvalue weighted by Crippen LogP contribution is 2.36. The molecule has 0 saturated carbocycles. The second-order valence-electron chi connectivity index (χ2n) is 4.84. The van der Waals surface area contributed by atoms with Crippen LogP contribution in [0.15, 0.2) is 30.3 Å². The Kier molecular flexibility index (Phi) is 4.51. The van der Waals surface area contributed by atoms with E-state index in [1.807, 2.05) is 0 Å². The molecule has 0 nitrogen and oxygen atoms in total. The molecule has 2 rings (SSSR count). The van der Waals surface area contributed by atoms with Crippen molar-refractivity contribution in [2.75, 3.05) is 0 Å². The Bertz CT molecular complexity index is 599. The fourth-order valence-corrected chi connectivity index (χ4v) is 3.96. The van der Waals surface area contributed by atoms with E-state index in [1.54, 1.807) is 6.07 Å². The zero-order valence-corrected chi connectivity index (χ0v) is 14.0. The van der Waals surface area contributed by atoms with E-state index < -0.39 is 0 Å². The summed E-state index contributed by atoms with van der Waals surface area (Å²) < 4.78 is 14.0. The maximum atomic E-state index is 13.2. The molecule has 19 heavy (non-hydrogen) atoms. The summed E-state index contributed by atoms with van der Waals surface area (Å²) in [6.45, 7) is 6.22. The third-order valence-corrected chi connectivity index (χ3v) is 4.61. The number of alkyl halides is 1. The zero-order valence-electron chi connectivity index (χ0n) is 11.1. The number of hydrogen-bond donors (Lipinski definition) is 0. The van der Waals surface area contributed by atoms with E-state index in [2.05, 4.69) is 55.5 Å². The molecule has 0 heterocycles. The Labute approximate surface area is 132 Å². The Balaban J connectivity index is 2.53. The standard InChI is InChI=1S/C16H15ClFI/c1-9-6-10(2)15(11(3)7-9)16(17)13-5-4-12(18)8-14(13)19/h4-8,16H,1-3H3. The van der Waals surface area contributed by atoms with Gasteiger partial charge in [-0.05, 0) is 77.7 Å². The third kappa shape index (κ3) is 3.11. The lowest BCUT2D eigenvalue weighted by molar-refractivity contribution is 0.626. The van der Waals surface area contributed by atoms with Gasteiger partial charge in [-0.3, -0.25) is 0 Å².